The molecule has 0 aliphatic heterocycles. The number of carbonyl (C=O) groups is 4. The van der Waals surface area contributed by atoms with Gasteiger partial charge in [0.05, 0.1) is 0 Å². The molecule has 0 unspecified atom stereocenters. The predicted molar refractivity (Wildman–Crippen MR) is 83.9 cm³/mol. The lowest BCUT2D eigenvalue weighted by molar-refractivity contribution is -0.129. The summed E-state index contributed by atoms with van der Waals surface area (Å²) >= 11 is 0. The maximum Gasteiger partial charge on any atom is 0.408 e. The van der Waals surface area contributed by atoms with Crippen molar-refractivity contribution in [3.05, 3.63) is 35.9 Å². The number of nitrogens with one attached hydrogen (secondary N) is 3. The maximum atomic E-state index is 11.9. The van der Waals surface area contributed by atoms with Gasteiger partial charge in [0.2, 0.25) is 11.8 Å². The molecule has 0 heterocycles. The molecular weight excluding hydrogens is 316 g/mol. The Morgan fingerprint density at radius 2 is 1.79 bits per heavy atom. The van der Waals surface area contributed by atoms with Gasteiger partial charge < -0.3 is 15.8 Å². The van der Waals surface area contributed by atoms with Gasteiger partial charge in [-0.05, 0) is 12.0 Å². The van der Waals surface area contributed by atoms with Crippen LogP contribution in [-0.4, -0.2) is 29.9 Å². The third-order valence-corrected chi connectivity index (χ3v) is 2.86. The van der Waals surface area contributed by atoms with Crippen molar-refractivity contribution in [3.8, 4) is 0 Å². The minimum absolute atomic E-state index is 0.0266. The molecule has 1 rings (SSSR count). The van der Waals surface area contributed by atoms with Crippen LogP contribution in [0.25, 0.3) is 0 Å². The quantitative estimate of drug-likeness (QED) is 0.507. The van der Waals surface area contributed by atoms with Crippen LogP contribution in [0.4, 0.5) is 4.79 Å². The van der Waals surface area contributed by atoms with E-state index in [1.807, 2.05) is 6.07 Å². The van der Waals surface area contributed by atoms with Crippen LogP contribution in [0.2, 0.25) is 0 Å². The first-order valence-corrected chi connectivity index (χ1v) is 7.20. The lowest BCUT2D eigenvalue weighted by atomic mass is 10.1. The Morgan fingerprint density at radius 3 is 2.38 bits per heavy atom. The summed E-state index contributed by atoms with van der Waals surface area (Å²) < 4.78 is 5.01. The highest BCUT2D eigenvalue weighted by atomic mass is 16.5. The minimum atomic E-state index is -1.08. The van der Waals surface area contributed by atoms with Gasteiger partial charge in [-0.25, -0.2) is 4.79 Å². The van der Waals surface area contributed by atoms with Gasteiger partial charge in [0.25, 0.3) is 5.91 Å². The van der Waals surface area contributed by atoms with Gasteiger partial charge in [0.1, 0.15) is 12.6 Å². The highest BCUT2D eigenvalue weighted by molar-refractivity contribution is 5.88. The molecule has 0 radical (unpaired) electrons. The zero-order chi connectivity index (χ0) is 17.9. The number of hydrazine groups is 1. The molecular formula is C15H20N4O5. The smallest absolute Gasteiger partial charge is 0.408 e. The zero-order valence-electron chi connectivity index (χ0n) is 13.2. The first kappa shape index (κ1) is 18.9. The normalized spacial score (nSPS) is 11.0. The Balaban J connectivity index is 2.55. The van der Waals surface area contributed by atoms with E-state index in [0.29, 0.717) is 0 Å². The number of hydrogen-bond acceptors (Lipinski definition) is 5. The van der Waals surface area contributed by atoms with Crippen molar-refractivity contribution in [1.29, 1.82) is 0 Å². The Bertz CT molecular complexity index is 591. The van der Waals surface area contributed by atoms with E-state index in [0.717, 1.165) is 5.56 Å². The second-order valence-electron chi connectivity index (χ2n) is 4.93. The van der Waals surface area contributed by atoms with Crippen molar-refractivity contribution < 1.29 is 23.9 Å². The van der Waals surface area contributed by atoms with Gasteiger partial charge >= 0.3 is 6.09 Å². The van der Waals surface area contributed by atoms with Crippen LogP contribution in [0.3, 0.4) is 0 Å². The van der Waals surface area contributed by atoms with E-state index in [1.54, 1.807) is 24.3 Å². The number of alkyl carbamates (subject to hydrolysis) is 1. The van der Waals surface area contributed by atoms with E-state index >= 15 is 0 Å². The number of amides is 4. The number of nitrogens with two attached hydrogens (primary N) is 1. The van der Waals surface area contributed by atoms with Gasteiger partial charge in [0, 0.05) is 13.3 Å². The standard InChI is InChI=1S/C15H20N4O5/c1-10(20)18-19-14(22)12(7-8-13(16)21)17-15(23)24-9-11-5-3-2-4-6-11/h2-6,12H,7-9H2,1H3,(H2,16,21)(H,17,23)(H,18,20)(H,19,22)/t12-/m0/s1. The summed E-state index contributed by atoms with van der Waals surface area (Å²) in [6.07, 6.45) is -0.968. The van der Waals surface area contributed by atoms with E-state index in [-0.39, 0.29) is 19.4 Å². The van der Waals surface area contributed by atoms with E-state index in [9.17, 15) is 19.2 Å². The molecule has 0 aromatic heterocycles. The Morgan fingerprint density at radius 1 is 1.12 bits per heavy atom. The van der Waals surface area contributed by atoms with Gasteiger partial charge in [-0.2, -0.15) is 0 Å². The molecule has 130 valence electrons. The average molecular weight is 336 g/mol. The number of primary amides is 1. The fraction of sp³-hybridized carbons (Fsp3) is 0.333. The van der Waals surface area contributed by atoms with Gasteiger partial charge in [-0.3, -0.25) is 25.2 Å². The van der Waals surface area contributed by atoms with E-state index < -0.39 is 29.9 Å². The summed E-state index contributed by atoms with van der Waals surface area (Å²) in [7, 11) is 0. The number of benzene rings is 1. The number of carbonyl (C=O) groups excluding carboxylic acids is 4. The summed E-state index contributed by atoms with van der Waals surface area (Å²) in [5.74, 6) is -1.79. The maximum absolute atomic E-state index is 11.9. The number of hydrogen-bond donors (Lipinski definition) is 4. The summed E-state index contributed by atoms with van der Waals surface area (Å²) in [6, 6.07) is 7.91. The molecule has 1 aromatic carbocycles. The topological polar surface area (TPSA) is 140 Å². The number of rotatable bonds is 7. The number of ether oxygens (including phenoxy) is 1. The average Bonchev–Trinajstić information content (AvgIpc) is 2.55. The molecule has 4 amide bonds. The molecule has 0 aliphatic carbocycles. The predicted octanol–water partition coefficient (Wildman–Crippen LogP) is -0.286. The van der Waals surface area contributed by atoms with Crippen molar-refractivity contribution in [2.24, 2.45) is 5.73 Å². The van der Waals surface area contributed by atoms with Crippen molar-refractivity contribution in [2.45, 2.75) is 32.4 Å². The monoisotopic (exact) mass is 336 g/mol. The van der Waals surface area contributed by atoms with Crippen molar-refractivity contribution in [1.82, 2.24) is 16.2 Å². The van der Waals surface area contributed by atoms with Crippen LogP contribution in [0.1, 0.15) is 25.3 Å². The largest absolute Gasteiger partial charge is 0.445 e. The summed E-state index contributed by atoms with van der Waals surface area (Å²) in [6.45, 7) is 1.24. The fourth-order valence-electron chi connectivity index (χ4n) is 1.70. The first-order chi connectivity index (χ1) is 11.4. The van der Waals surface area contributed by atoms with Crippen molar-refractivity contribution >= 4 is 23.8 Å². The highest BCUT2D eigenvalue weighted by Gasteiger charge is 2.22. The van der Waals surface area contributed by atoms with Crippen molar-refractivity contribution in [3.63, 3.8) is 0 Å². The van der Waals surface area contributed by atoms with Gasteiger partial charge in [0.15, 0.2) is 0 Å². The lowest BCUT2D eigenvalue weighted by Gasteiger charge is -2.17. The molecule has 0 fully saturated rings. The molecule has 24 heavy (non-hydrogen) atoms. The Labute approximate surface area is 138 Å². The molecule has 5 N–H and O–H groups in total. The molecule has 1 aromatic rings. The molecule has 0 bridgehead atoms. The SMILES string of the molecule is CC(=O)NNC(=O)[C@H](CCC(N)=O)NC(=O)OCc1ccccc1. The summed E-state index contributed by atoms with van der Waals surface area (Å²) in [5, 5.41) is 2.33. The second kappa shape index (κ2) is 9.82. The van der Waals surface area contributed by atoms with Crippen LogP contribution in [0.5, 0.6) is 0 Å². The van der Waals surface area contributed by atoms with Crippen LogP contribution in [-0.2, 0) is 25.7 Å². The van der Waals surface area contributed by atoms with E-state index in [4.69, 9.17) is 10.5 Å². The second-order valence-corrected chi connectivity index (χ2v) is 4.93. The van der Waals surface area contributed by atoms with Crippen LogP contribution in [0, 0.1) is 0 Å². The van der Waals surface area contributed by atoms with E-state index in [2.05, 4.69) is 16.2 Å². The highest BCUT2D eigenvalue weighted by Crippen LogP contribution is 2.02. The molecule has 0 saturated heterocycles. The molecule has 0 spiro atoms. The molecule has 9 heteroatoms. The van der Waals surface area contributed by atoms with Gasteiger partial charge in [-0.15, -0.1) is 0 Å². The first-order valence-electron chi connectivity index (χ1n) is 7.20. The van der Waals surface area contributed by atoms with Gasteiger partial charge in [-0.1, -0.05) is 30.3 Å². The minimum Gasteiger partial charge on any atom is -0.445 e. The Hall–Kier alpha value is -3.10. The van der Waals surface area contributed by atoms with Crippen LogP contribution in [0.15, 0.2) is 30.3 Å². The third-order valence-electron chi connectivity index (χ3n) is 2.86. The molecule has 9 nitrogen and oxygen atoms in total. The molecule has 1 atom stereocenters. The molecule has 0 saturated carbocycles. The van der Waals surface area contributed by atoms with E-state index in [1.165, 1.54) is 6.92 Å². The Kier molecular flexibility index (Phi) is 7.76. The molecule has 0 aliphatic rings. The zero-order valence-corrected chi connectivity index (χ0v) is 13.2. The summed E-state index contributed by atoms with van der Waals surface area (Å²) in [4.78, 5) is 45.4. The fourth-order valence-corrected chi connectivity index (χ4v) is 1.70. The van der Waals surface area contributed by atoms with Crippen molar-refractivity contribution in [2.75, 3.05) is 0 Å². The van der Waals surface area contributed by atoms with Crippen LogP contribution >= 0.6 is 0 Å². The lowest BCUT2D eigenvalue weighted by Crippen LogP contribution is -2.52. The van der Waals surface area contributed by atoms with Crippen LogP contribution < -0.4 is 21.9 Å². The third kappa shape index (κ3) is 7.78. The summed E-state index contributed by atoms with van der Waals surface area (Å²) in [5.41, 5.74) is 10.0.